The summed E-state index contributed by atoms with van der Waals surface area (Å²) < 4.78 is 0. The van der Waals surface area contributed by atoms with E-state index in [0.29, 0.717) is 0 Å². The molecule has 1 nitrogen and oxygen atoms in total. The van der Waals surface area contributed by atoms with Gasteiger partial charge in [0.05, 0.1) is 0 Å². The van der Waals surface area contributed by atoms with E-state index in [1.54, 1.807) is 0 Å². The van der Waals surface area contributed by atoms with E-state index in [4.69, 9.17) is 0 Å². The van der Waals surface area contributed by atoms with Gasteiger partial charge in [0.2, 0.25) is 0 Å². The van der Waals surface area contributed by atoms with Crippen LogP contribution in [-0.2, 0) is 0 Å². The minimum absolute atomic E-state index is 0. The molecule has 0 radical (unpaired) electrons. The van der Waals surface area contributed by atoms with Gasteiger partial charge in [-0.2, -0.15) is 0 Å². The molecule has 1 aliphatic rings. The van der Waals surface area contributed by atoms with Crippen LogP contribution < -0.4 is 5.32 Å². The Morgan fingerprint density at radius 3 is 1.29 bits per heavy atom. The van der Waals surface area contributed by atoms with Crippen LogP contribution in [0.1, 0.15) is 27.7 Å². The molecular formula is C6H17N. The first-order chi connectivity index (χ1) is 3.00. The lowest BCUT2D eigenvalue weighted by Crippen LogP contribution is -2.29. The Morgan fingerprint density at radius 1 is 1.14 bits per heavy atom. The van der Waals surface area contributed by atoms with Crippen LogP contribution >= 0.6 is 0 Å². The second-order valence-corrected chi connectivity index (χ2v) is 1.10. The van der Waals surface area contributed by atoms with Gasteiger partial charge in [0, 0.05) is 0 Å². The van der Waals surface area contributed by atoms with Crippen LogP contribution in [0.5, 0.6) is 0 Å². The van der Waals surface area contributed by atoms with E-state index >= 15 is 0 Å². The number of hydrogen-bond acceptors (Lipinski definition) is 1. The zero-order valence-electron chi connectivity index (χ0n) is 4.62. The maximum absolute atomic E-state index is 3.11. The van der Waals surface area contributed by atoms with Gasteiger partial charge in [0.15, 0.2) is 0 Å². The Morgan fingerprint density at radius 2 is 1.29 bits per heavy atom. The number of rotatable bonds is 0. The Bertz CT molecular complexity index is 12.1. The summed E-state index contributed by atoms with van der Waals surface area (Å²) in [5.74, 6) is 0. The second-order valence-electron chi connectivity index (χ2n) is 1.10. The lowest BCUT2D eigenvalue weighted by atomic mass is 10.3. The summed E-state index contributed by atoms with van der Waals surface area (Å²) in [6.07, 6.45) is 1.39. The summed E-state index contributed by atoms with van der Waals surface area (Å²) in [6, 6.07) is 0. The summed E-state index contributed by atoms with van der Waals surface area (Å²) in [5.41, 5.74) is 0. The summed E-state index contributed by atoms with van der Waals surface area (Å²) >= 11 is 0. The molecule has 1 fully saturated rings. The monoisotopic (exact) mass is 103 g/mol. The van der Waals surface area contributed by atoms with Gasteiger partial charge in [-0.3, -0.25) is 0 Å². The van der Waals surface area contributed by atoms with Crippen molar-refractivity contribution < 1.29 is 0 Å². The summed E-state index contributed by atoms with van der Waals surface area (Å²) in [7, 11) is 0. The van der Waals surface area contributed by atoms with Crippen molar-refractivity contribution >= 4 is 0 Å². The molecule has 1 heterocycles. The van der Waals surface area contributed by atoms with Crippen molar-refractivity contribution in [2.75, 3.05) is 13.1 Å². The molecule has 1 rings (SSSR count). The Balaban J connectivity index is 0. The van der Waals surface area contributed by atoms with Gasteiger partial charge >= 0.3 is 0 Å². The maximum Gasteiger partial charge on any atom is -0.00368 e. The normalized spacial score (nSPS) is 14.6. The van der Waals surface area contributed by atoms with Crippen molar-refractivity contribution in [3.05, 3.63) is 0 Å². The predicted molar refractivity (Wildman–Crippen MR) is 35.6 cm³/mol. The van der Waals surface area contributed by atoms with E-state index in [-0.39, 0.29) is 7.43 Å². The molecule has 0 aromatic rings. The topological polar surface area (TPSA) is 12.0 Å². The van der Waals surface area contributed by atoms with Crippen LogP contribution in [0.2, 0.25) is 0 Å². The molecule has 0 unspecified atom stereocenters. The lowest BCUT2D eigenvalue weighted by Gasteiger charge is -2.09. The minimum Gasteiger partial charge on any atom is -0.317 e. The van der Waals surface area contributed by atoms with Crippen molar-refractivity contribution in [3.8, 4) is 0 Å². The third kappa shape index (κ3) is 5.96. The van der Waals surface area contributed by atoms with E-state index in [2.05, 4.69) is 5.32 Å². The van der Waals surface area contributed by atoms with Crippen LogP contribution in [0.25, 0.3) is 0 Å². The standard InChI is InChI=1S/C3H7N.C2H6.CH4/c1-2-4-3-1;1-2;/h4H,1-3H2;1-2H3;1H4. The van der Waals surface area contributed by atoms with Gasteiger partial charge in [-0.05, 0) is 19.5 Å². The zero-order chi connectivity index (χ0) is 4.83. The van der Waals surface area contributed by atoms with Gasteiger partial charge in [-0.15, -0.1) is 0 Å². The average Bonchev–Trinajstić information content (AvgIpc) is 1.36. The quantitative estimate of drug-likeness (QED) is 0.491. The molecule has 0 aliphatic carbocycles. The van der Waals surface area contributed by atoms with E-state index < -0.39 is 0 Å². The highest BCUT2D eigenvalue weighted by Gasteiger charge is 1.92. The van der Waals surface area contributed by atoms with Gasteiger partial charge in [-0.25, -0.2) is 0 Å². The fourth-order valence-corrected chi connectivity index (χ4v) is 0.177. The number of nitrogens with one attached hydrogen (secondary N) is 1. The molecule has 0 amide bonds. The molecule has 1 heteroatoms. The molecular weight excluding hydrogens is 86.1 g/mol. The predicted octanol–water partition coefficient (Wildman–Crippen LogP) is 1.64. The Labute approximate surface area is 47.1 Å². The van der Waals surface area contributed by atoms with E-state index in [0.717, 1.165) is 0 Å². The molecule has 7 heavy (non-hydrogen) atoms. The van der Waals surface area contributed by atoms with E-state index in [9.17, 15) is 0 Å². The molecule has 1 aliphatic heterocycles. The largest absolute Gasteiger partial charge is 0.317 e. The summed E-state index contributed by atoms with van der Waals surface area (Å²) in [6.45, 7) is 6.50. The fraction of sp³-hybridized carbons (Fsp3) is 1.00. The zero-order valence-corrected chi connectivity index (χ0v) is 4.62. The van der Waals surface area contributed by atoms with Crippen LogP contribution in [0, 0.1) is 0 Å². The number of hydrogen-bond donors (Lipinski definition) is 1. The Hall–Kier alpha value is -0.0400. The lowest BCUT2D eigenvalue weighted by molar-refractivity contribution is 0.527. The smallest absolute Gasteiger partial charge is 0.00368 e. The molecule has 0 atom stereocenters. The Kier molecular flexibility index (Phi) is 13.4. The highest BCUT2D eigenvalue weighted by molar-refractivity contribution is 4.56. The van der Waals surface area contributed by atoms with Crippen LogP contribution in [0.3, 0.4) is 0 Å². The minimum atomic E-state index is 0. The van der Waals surface area contributed by atoms with Crippen LogP contribution in [-0.4, -0.2) is 13.1 Å². The van der Waals surface area contributed by atoms with Gasteiger partial charge in [0.1, 0.15) is 0 Å². The van der Waals surface area contributed by atoms with Gasteiger partial charge in [0.25, 0.3) is 0 Å². The van der Waals surface area contributed by atoms with Crippen LogP contribution in [0.4, 0.5) is 0 Å². The van der Waals surface area contributed by atoms with Crippen molar-refractivity contribution in [1.82, 2.24) is 5.32 Å². The molecule has 0 aromatic heterocycles. The summed E-state index contributed by atoms with van der Waals surface area (Å²) in [4.78, 5) is 0. The highest BCUT2D eigenvalue weighted by Crippen LogP contribution is 1.80. The van der Waals surface area contributed by atoms with Crippen molar-refractivity contribution in [2.24, 2.45) is 0 Å². The highest BCUT2D eigenvalue weighted by atomic mass is 14.9. The molecule has 0 saturated carbocycles. The molecule has 0 bridgehead atoms. The molecule has 0 spiro atoms. The van der Waals surface area contributed by atoms with E-state index in [1.807, 2.05) is 13.8 Å². The van der Waals surface area contributed by atoms with E-state index in [1.165, 1.54) is 19.5 Å². The molecule has 0 aromatic carbocycles. The first-order valence-corrected chi connectivity index (χ1v) is 2.71. The molecule has 1 saturated heterocycles. The van der Waals surface area contributed by atoms with Crippen molar-refractivity contribution in [3.63, 3.8) is 0 Å². The summed E-state index contributed by atoms with van der Waals surface area (Å²) in [5, 5.41) is 3.11. The third-order valence-corrected chi connectivity index (χ3v) is 0.707. The van der Waals surface area contributed by atoms with Gasteiger partial charge < -0.3 is 5.32 Å². The SMILES string of the molecule is C.C1CNC1.CC. The van der Waals surface area contributed by atoms with Gasteiger partial charge in [-0.1, -0.05) is 21.3 Å². The molecule has 1 N–H and O–H groups in total. The first kappa shape index (κ1) is 10.0. The average molecular weight is 103 g/mol. The maximum atomic E-state index is 3.11. The molecule has 46 valence electrons. The second kappa shape index (κ2) is 9.35. The van der Waals surface area contributed by atoms with Crippen molar-refractivity contribution in [1.29, 1.82) is 0 Å². The fourth-order valence-electron chi connectivity index (χ4n) is 0.177. The third-order valence-electron chi connectivity index (χ3n) is 0.707. The first-order valence-electron chi connectivity index (χ1n) is 2.71. The van der Waals surface area contributed by atoms with Crippen LogP contribution in [0.15, 0.2) is 0 Å². The van der Waals surface area contributed by atoms with Crippen molar-refractivity contribution in [2.45, 2.75) is 27.7 Å².